The van der Waals surface area contributed by atoms with E-state index in [0.717, 1.165) is 13.0 Å². The largest absolute Gasteiger partial charge is 0.352 e. The van der Waals surface area contributed by atoms with Gasteiger partial charge < -0.3 is 4.90 Å². The second-order valence-corrected chi connectivity index (χ2v) is 4.64. The fourth-order valence-corrected chi connectivity index (χ4v) is 1.74. The third-order valence-electron chi connectivity index (χ3n) is 2.70. The minimum Gasteiger partial charge on any atom is -0.352 e. The van der Waals surface area contributed by atoms with Gasteiger partial charge in [0.2, 0.25) is 0 Å². The molecular formula is C14H20N2OS. The van der Waals surface area contributed by atoms with Crippen LogP contribution in [0.4, 0.5) is 0 Å². The number of unbranched alkanes of at least 4 members (excludes halogenated alkanes) is 2. The van der Waals surface area contributed by atoms with E-state index < -0.39 is 0 Å². The van der Waals surface area contributed by atoms with E-state index in [4.69, 9.17) is 12.2 Å². The van der Waals surface area contributed by atoms with Crippen LogP contribution in [0, 0.1) is 0 Å². The smallest absolute Gasteiger partial charge is 0.257 e. The Labute approximate surface area is 114 Å². The molecule has 0 aliphatic carbocycles. The summed E-state index contributed by atoms with van der Waals surface area (Å²) in [5, 5.41) is 3.23. The first-order chi connectivity index (χ1) is 8.65. The fraction of sp³-hybridized carbons (Fsp3) is 0.429. The molecule has 0 bridgehead atoms. The number of nitrogens with zero attached hydrogens (tertiary/aromatic N) is 1. The van der Waals surface area contributed by atoms with E-state index in [0.29, 0.717) is 10.7 Å². The van der Waals surface area contributed by atoms with E-state index >= 15 is 0 Å². The van der Waals surface area contributed by atoms with Crippen LogP contribution in [0.15, 0.2) is 30.3 Å². The van der Waals surface area contributed by atoms with Crippen LogP contribution in [0.2, 0.25) is 0 Å². The molecule has 0 aliphatic rings. The first-order valence-corrected chi connectivity index (χ1v) is 6.67. The predicted molar refractivity (Wildman–Crippen MR) is 78.7 cm³/mol. The topological polar surface area (TPSA) is 32.3 Å². The van der Waals surface area contributed by atoms with Crippen LogP contribution in [-0.4, -0.2) is 29.5 Å². The van der Waals surface area contributed by atoms with Crippen LogP contribution >= 0.6 is 12.2 Å². The summed E-state index contributed by atoms with van der Waals surface area (Å²) in [5.74, 6) is -0.150. The highest BCUT2D eigenvalue weighted by molar-refractivity contribution is 7.80. The van der Waals surface area contributed by atoms with E-state index in [1.54, 1.807) is 12.1 Å². The van der Waals surface area contributed by atoms with Gasteiger partial charge in [0.05, 0.1) is 0 Å². The van der Waals surface area contributed by atoms with E-state index in [2.05, 4.69) is 12.2 Å². The van der Waals surface area contributed by atoms with E-state index in [-0.39, 0.29) is 5.91 Å². The normalized spacial score (nSPS) is 9.89. The number of carbonyl (C=O) groups excluding carboxylic acids is 1. The summed E-state index contributed by atoms with van der Waals surface area (Å²) < 4.78 is 0. The highest BCUT2D eigenvalue weighted by atomic mass is 32.1. The first-order valence-electron chi connectivity index (χ1n) is 6.26. The van der Waals surface area contributed by atoms with Crippen molar-refractivity contribution >= 4 is 23.2 Å². The van der Waals surface area contributed by atoms with Crippen LogP contribution in [0.3, 0.4) is 0 Å². The van der Waals surface area contributed by atoms with Crippen molar-refractivity contribution in [3.05, 3.63) is 35.9 Å². The van der Waals surface area contributed by atoms with Crippen molar-refractivity contribution in [2.24, 2.45) is 0 Å². The zero-order valence-corrected chi connectivity index (χ0v) is 11.8. The Kier molecular flexibility index (Phi) is 6.36. The molecule has 0 aromatic heterocycles. The zero-order chi connectivity index (χ0) is 13.4. The van der Waals surface area contributed by atoms with Crippen molar-refractivity contribution in [3.8, 4) is 0 Å². The van der Waals surface area contributed by atoms with Gasteiger partial charge in [0, 0.05) is 19.2 Å². The maximum Gasteiger partial charge on any atom is 0.257 e. The van der Waals surface area contributed by atoms with Crippen molar-refractivity contribution in [1.82, 2.24) is 10.2 Å². The highest BCUT2D eigenvalue weighted by Crippen LogP contribution is 2.00. The van der Waals surface area contributed by atoms with Gasteiger partial charge in [-0.1, -0.05) is 38.0 Å². The van der Waals surface area contributed by atoms with Gasteiger partial charge in [0.25, 0.3) is 5.91 Å². The molecule has 0 saturated heterocycles. The SMILES string of the molecule is CCCCCN(C)C(=S)NC(=O)c1ccccc1. The lowest BCUT2D eigenvalue weighted by atomic mass is 10.2. The molecule has 1 rings (SSSR count). The van der Waals surface area contributed by atoms with Crippen molar-refractivity contribution in [2.45, 2.75) is 26.2 Å². The average Bonchev–Trinajstić information content (AvgIpc) is 2.39. The summed E-state index contributed by atoms with van der Waals surface area (Å²) in [6.07, 6.45) is 3.45. The number of carbonyl (C=O) groups is 1. The second kappa shape index (κ2) is 7.82. The van der Waals surface area contributed by atoms with Crippen LogP contribution in [0.5, 0.6) is 0 Å². The van der Waals surface area contributed by atoms with Crippen molar-refractivity contribution in [1.29, 1.82) is 0 Å². The number of benzene rings is 1. The number of thiocarbonyl (C=S) groups is 1. The fourth-order valence-electron chi connectivity index (χ4n) is 1.55. The van der Waals surface area contributed by atoms with Gasteiger partial charge in [0.15, 0.2) is 5.11 Å². The summed E-state index contributed by atoms with van der Waals surface area (Å²) in [6, 6.07) is 9.10. The van der Waals surface area contributed by atoms with Crippen molar-refractivity contribution in [2.75, 3.05) is 13.6 Å². The van der Waals surface area contributed by atoms with Gasteiger partial charge >= 0.3 is 0 Å². The van der Waals surface area contributed by atoms with E-state index in [1.807, 2.05) is 30.1 Å². The van der Waals surface area contributed by atoms with Gasteiger partial charge in [0.1, 0.15) is 0 Å². The summed E-state index contributed by atoms with van der Waals surface area (Å²) in [5.41, 5.74) is 0.627. The minimum absolute atomic E-state index is 0.150. The molecule has 0 radical (unpaired) electrons. The summed E-state index contributed by atoms with van der Waals surface area (Å²) in [6.45, 7) is 3.04. The maximum absolute atomic E-state index is 11.9. The molecule has 3 nitrogen and oxygen atoms in total. The third-order valence-corrected chi connectivity index (χ3v) is 3.11. The summed E-state index contributed by atoms with van der Waals surface area (Å²) in [4.78, 5) is 13.8. The minimum atomic E-state index is -0.150. The predicted octanol–water partition coefficient (Wildman–Crippen LogP) is 2.82. The summed E-state index contributed by atoms with van der Waals surface area (Å²) in [7, 11) is 1.91. The molecule has 1 aromatic rings. The van der Waals surface area contributed by atoms with E-state index in [9.17, 15) is 4.79 Å². The molecule has 18 heavy (non-hydrogen) atoms. The molecule has 4 heteroatoms. The van der Waals surface area contributed by atoms with Gasteiger partial charge in [-0.3, -0.25) is 10.1 Å². The molecule has 0 aliphatic heterocycles. The molecule has 1 aromatic carbocycles. The van der Waals surface area contributed by atoms with Crippen molar-refractivity contribution in [3.63, 3.8) is 0 Å². The highest BCUT2D eigenvalue weighted by Gasteiger charge is 2.09. The molecule has 0 heterocycles. The van der Waals surface area contributed by atoms with Gasteiger partial charge in [-0.2, -0.15) is 0 Å². The molecule has 98 valence electrons. The Morgan fingerprint density at radius 3 is 2.56 bits per heavy atom. The van der Waals surface area contributed by atoms with Gasteiger partial charge in [-0.15, -0.1) is 0 Å². The van der Waals surface area contributed by atoms with Gasteiger partial charge in [-0.25, -0.2) is 0 Å². The number of rotatable bonds is 5. The molecule has 0 atom stereocenters. The molecule has 0 saturated carbocycles. The van der Waals surface area contributed by atoms with Gasteiger partial charge in [-0.05, 0) is 30.8 Å². The number of hydrogen-bond acceptors (Lipinski definition) is 2. The quantitative estimate of drug-likeness (QED) is 0.655. The Balaban J connectivity index is 2.42. The lowest BCUT2D eigenvalue weighted by Crippen LogP contribution is -2.40. The van der Waals surface area contributed by atoms with Crippen LogP contribution in [-0.2, 0) is 0 Å². The summed E-state index contributed by atoms with van der Waals surface area (Å²) >= 11 is 5.20. The molecule has 0 fully saturated rings. The molecule has 0 unspecified atom stereocenters. The lowest BCUT2D eigenvalue weighted by Gasteiger charge is -2.20. The van der Waals surface area contributed by atoms with Crippen molar-refractivity contribution < 1.29 is 4.79 Å². The number of amides is 1. The van der Waals surface area contributed by atoms with E-state index in [1.165, 1.54) is 12.8 Å². The number of nitrogens with one attached hydrogen (secondary N) is 1. The Morgan fingerprint density at radius 2 is 1.94 bits per heavy atom. The van der Waals surface area contributed by atoms with Crippen LogP contribution < -0.4 is 5.32 Å². The third kappa shape index (κ3) is 4.84. The first kappa shape index (κ1) is 14.6. The average molecular weight is 264 g/mol. The molecule has 1 amide bonds. The maximum atomic E-state index is 11.9. The standard InChI is InChI=1S/C14H20N2OS/c1-3-4-8-11-16(2)14(18)15-13(17)12-9-6-5-7-10-12/h5-7,9-10H,3-4,8,11H2,1-2H3,(H,15,17,18). The number of hydrogen-bond donors (Lipinski definition) is 1. The Bertz CT molecular complexity index is 392. The second-order valence-electron chi connectivity index (χ2n) is 4.25. The molecular weight excluding hydrogens is 244 g/mol. The molecule has 1 N–H and O–H groups in total. The Hall–Kier alpha value is -1.42. The Morgan fingerprint density at radius 1 is 1.28 bits per heavy atom. The van der Waals surface area contributed by atoms with Crippen LogP contribution in [0.25, 0.3) is 0 Å². The monoisotopic (exact) mass is 264 g/mol. The molecule has 0 spiro atoms. The lowest BCUT2D eigenvalue weighted by molar-refractivity contribution is 0.0974. The van der Waals surface area contributed by atoms with Crippen LogP contribution in [0.1, 0.15) is 36.5 Å². The zero-order valence-electron chi connectivity index (χ0n) is 11.0.